The van der Waals surface area contributed by atoms with Gasteiger partial charge in [0.1, 0.15) is 12.2 Å². The normalized spacial score (nSPS) is 14.1. The second kappa shape index (κ2) is 14.5. The number of aromatic nitrogens is 3. The van der Waals surface area contributed by atoms with Crippen molar-refractivity contribution in [1.29, 1.82) is 0 Å². The van der Waals surface area contributed by atoms with Gasteiger partial charge >= 0.3 is 18.4 Å². The lowest BCUT2D eigenvalue weighted by atomic mass is 9.94. The van der Waals surface area contributed by atoms with Crippen molar-refractivity contribution in [1.82, 2.24) is 15.2 Å². The Balaban J connectivity index is 2.13. The van der Waals surface area contributed by atoms with E-state index in [0.29, 0.717) is 24.5 Å². The molecule has 3 aromatic rings. The largest absolute Gasteiger partial charge is 0.473 e. The second-order valence-electron chi connectivity index (χ2n) is 9.72. The highest BCUT2D eigenvalue weighted by atomic mass is 19.4. The Morgan fingerprint density at radius 1 is 1.11 bits per heavy atom. The lowest BCUT2D eigenvalue weighted by molar-refractivity contribution is -0.300. The minimum atomic E-state index is -5.12. The number of hydrogen-bond acceptors (Lipinski definition) is 8. The van der Waals surface area contributed by atoms with Crippen LogP contribution in [-0.2, 0) is 23.1 Å². The summed E-state index contributed by atoms with van der Waals surface area (Å²) in [5, 5.41) is 27.6. The molecule has 1 amide bonds. The van der Waals surface area contributed by atoms with Crippen molar-refractivity contribution in [2.75, 3.05) is 11.9 Å². The van der Waals surface area contributed by atoms with Crippen molar-refractivity contribution in [3.8, 4) is 17.5 Å². The Hall–Kier alpha value is -4.18. The van der Waals surface area contributed by atoms with E-state index in [9.17, 15) is 41.4 Å². The smallest absolute Gasteiger partial charge is 0.426 e. The van der Waals surface area contributed by atoms with Crippen LogP contribution in [0.25, 0.3) is 11.6 Å². The third-order valence-electron chi connectivity index (χ3n) is 6.28. The first-order valence-corrected chi connectivity index (χ1v) is 13.3. The quantitative estimate of drug-likeness (QED) is 0.0908. The van der Waals surface area contributed by atoms with Crippen molar-refractivity contribution in [2.45, 2.75) is 69.7 Å². The maximum Gasteiger partial charge on any atom is 0.426 e. The fraction of sp³-hybridized carbons (Fsp3) is 0.429. The van der Waals surface area contributed by atoms with Crippen molar-refractivity contribution in [3.63, 3.8) is 0 Å². The first kappa shape index (κ1) is 34.3. The van der Waals surface area contributed by atoms with E-state index in [1.807, 2.05) is 0 Å². The number of rotatable bonds is 15. The highest BCUT2D eigenvalue weighted by Gasteiger charge is 2.61. The van der Waals surface area contributed by atoms with Gasteiger partial charge in [0.25, 0.3) is 11.8 Å². The number of carboxylic acid groups (broad SMARTS) is 1. The van der Waals surface area contributed by atoms with E-state index in [4.69, 9.17) is 13.9 Å². The lowest BCUT2D eigenvalue weighted by Gasteiger charge is -2.32. The molecule has 1 aromatic carbocycles. The molecule has 0 radical (unpaired) electrons. The predicted molar refractivity (Wildman–Crippen MR) is 144 cm³/mol. The van der Waals surface area contributed by atoms with Crippen LogP contribution in [-0.4, -0.2) is 50.4 Å². The number of nitrogens with zero attached hydrogens (tertiary/aromatic N) is 3. The summed E-state index contributed by atoms with van der Waals surface area (Å²) in [6, 6.07) is 8.32. The molecule has 2 atom stereocenters. The van der Waals surface area contributed by atoms with Crippen LogP contribution >= 0.6 is 0 Å². The number of aliphatic hydroxyl groups excluding tert-OH is 1. The van der Waals surface area contributed by atoms with Crippen LogP contribution in [0.5, 0.6) is 5.88 Å². The topological polar surface area (TPSA) is 140 Å². The third-order valence-corrected chi connectivity index (χ3v) is 6.28. The van der Waals surface area contributed by atoms with Crippen LogP contribution in [0.2, 0.25) is 0 Å². The molecule has 0 aliphatic heterocycles. The van der Waals surface area contributed by atoms with Crippen LogP contribution in [0.4, 0.5) is 36.8 Å². The summed E-state index contributed by atoms with van der Waals surface area (Å²) in [5.74, 6) is -2.92. The van der Waals surface area contributed by atoms with Gasteiger partial charge in [-0.05, 0) is 37.8 Å². The lowest BCUT2D eigenvalue weighted by Crippen LogP contribution is -2.45. The maximum absolute atomic E-state index is 14.9. The number of hydrogen-bond donors (Lipinski definition) is 3. The van der Waals surface area contributed by atoms with Gasteiger partial charge in [-0.25, -0.2) is 9.78 Å². The van der Waals surface area contributed by atoms with Crippen LogP contribution in [0.1, 0.15) is 56.0 Å². The van der Waals surface area contributed by atoms with Crippen LogP contribution < -0.4 is 10.1 Å². The number of pyridine rings is 1. The van der Waals surface area contributed by atoms with Crippen molar-refractivity contribution in [3.05, 3.63) is 66.1 Å². The van der Waals surface area contributed by atoms with Gasteiger partial charge in [-0.1, -0.05) is 55.8 Å². The first-order valence-electron chi connectivity index (χ1n) is 13.3. The number of benzene rings is 1. The van der Waals surface area contributed by atoms with E-state index >= 15 is 0 Å². The molecule has 10 nitrogen and oxygen atoms in total. The molecule has 44 heavy (non-hydrogen) atoms. The zero-order valence-electron chi connectivity index (χ0n) is 23.4. The molecular formula is C28H30F6N4O6. The molecule has 240 valence electrons. The van der Waals surface area contributed by atoms with Crippen molar-refractivity contribution >= 4 is 11.8 Å². The Bertz CT molecular complexity index is 1400. The number of unbranched alkanes of at least 4 members (excludes halogenated alkanes) is 2. The minimum absolute atomic E-state index is 0.0391. The zero-order valence-corrected chi connectivity index (χ0v) is 23.4. The Labute approximate surface area is 247 Å². The van der Waals surface area contributed by atoms with Gasteiger partial charge in [-0.2, -0.15) is 26.3 Å². The molecule has 0 fully saturated rings. The van der Waals surface area contributed by atoms with Crippen molar-refractivity contribution < 1.29 is 55.2 Å². The molecule has 0 aliphatic carbocycles. The highest BCUT2D eigenvalue weighted by Crippen LogP contribution is 2.47. The van der Waals surface area contributed by atoms with Gasteiger partial charge in [0.05, 0.1) is 18.4 Å². The molecule has 0 aliphatic rings. The van der Waals surface area contributed by atoms with E-state index in [1.165, 1.54) is 0 Å². The van der Waals surface area contributed by atoms with E-state index in [2.05, 4.69) is 21.8 Å². The monoisotopic (exact) mass is 632 g/mol. The summed E-state index contributed by atoms with van der Waals surface area (Å²) in [6.07, 6.45) is -11.1. The molecule has 0 saturated carbocycles. The molecule has 16 heteroatoms. The number of anilines is 1. The van der Waals surface area contributed by atoms with Crippen LogP contribution in [0.15, 0.2) is 53.5 Å². The minimum Gasteiger partial charge on any atom is -0.473 e. The number of aliphatic hydroxyl groups is 1. The van der Waals surface area contributed by atoms with E-state index in [1.54, 1.807) is 42.6 Å². The average Bonchev–Trinajstić information content (AvgIpc) is 3.43. The average molecular weight is 633 g/mol. The molecule has 1 unspecified atom stereocenters. The third kappa shape index (κ3) is 8.69. The van der Waals surface area contributed by atoms with E-state index in [-0.39, 0.29) is 12.8 Å². The summed E-state index contributed by atoms with van der Waals surface area (Å²) in [7, 11) is 0. The molecular weight excluding hydrogens is 602 g/mol. The summed E-state index contributed by atoms with van der Waals surface area (Å²) in [5.41, 5.74) is -5.75. The number of halogens is 6. The highest BCUT2D eigenvalue weighted by molar-refractivity contribution is 5.88. The van der Waals surface area contributed by atoms with Crippen molar-refractivity contribution in [2.24, 2.45) is 0 Å². The number of alkyl halides is 6. The Morgan fingerprint density at radius 3 is 2.41 bits per heavy atom. The fourth-order valence-corrected chi connectivity index (χ4v) is 4.16. The molecule has 3 rings (SSSR count). The SMILES string of the molecule is C=CCOc1nc(-c2nnc([C@@](CCCCCC(C)O)(OCc3ccccc3)C(F)(F)F)o2)c(NC(=O)O)cc1C(F)(F)F. The molecule has 0 spiro atoms. The van der Waals surface area contributed by atoms with Gasteiger partial charge in [0.2, 0.25) is 11.5 Å². The van der Waals surface area contributed by atoms with Gasteiger partial charge < -0.3 is 24.1 Å². The number of ether oxygens (including phenoxy) is 2. The summed E-state index contributed by atoms with van der Waals surface area (Å²) < 4.78 is 102. The zero-order chi connectivity index (χ0) is 32.5. The summed E-state index contributed by atoms with van der Waals surface area (Å²) in [4.78, 5) is 15.1. The van der Waals surface area contributed by atoms with Gasteiger partial charge in [-0.15, -0.1) is 10.2 Å². The predicted octanol–water partition coefficient (Wildman–Crippen LogP) is 7.11. The van der Waals surface area contributed by atoms with Gasteiger partial charge in [-0.3, -0.25) is 5.32 Å². The van der Waals surface area contributed by atoms with Crippen LogP contribution in [0.3, 0.4) is 0 Å². The standard InChI is InChI=1S/C28H30F6N4O6/c1-3-14-42-22-19(27(29,30)31)15-20(35-25(40)41)21(36-22)23-37-38-24(44-23)26(28(32,33)34,13-9-5-6-10-17(2)39)43-16-18-11-7-4-8-12-18/h3-4,7-8,11-12,15,17,35,39H,1,5-6,9-10,13-14,16H2,2H3,(H,40,41)/t17?,26-/m1/s1. The number of carbonyl (C=O) groups is 1. The second-order valence-corrected chi connectivity index (χ2v) is 9.72. The van der Waals surface area contributed by atoms with Gasteiger partial charge in [0.15, 0.2) is 5.69 Å². The summed E-state index contributed by atoms with van der Waals surface area (Å²) >= 11 is 0. The number of nitrogens with one attached hydrogen (secondary N) is 1. The molecule has 2 aromatic heterocycles. The number of amides is 1. The van der Waals surface area contributed by atoms with E-state index < -0.39 is 84.4 Å². The fourth-order valence-electron chi connectivity index (χ4n) is 4.16. The van der Waals surface area contributed by atoms with E-state index in [0.717, 1.165) is 6.08 Å². The van der Waals surface area contributed by atoms with Crippen LogP contribution in [0, 0.1) is 0 Å². The molecule has 0 saturated heterocycles. The Morgan fingerprint density at radius 2 is 1.82 bits per heavy atom. The molecule has 2 heterocycles. The molecule has 0 bridgehead atoms. The summed E-state index contributed by atoms with van der Waals surface area (Å²) in [6.45, 7) is 3.95. The maximum atomic E-state index is 14.9. The first-order chi connectivity index (χ1) is 20.7. The van der Waals surface area contributed by atoms with Gasteiger partial charge in [0, 0.05) is 0 Å². The molecule has 3 N–H and O–H groups in total. The Kier molecular flexibility index (Phi) is 11.3.